The molecule has 0 bridgehead atoms. The van der Waals surface area contributed by atoms with Crippen molar-refractivity contribution >= 4 is 17.7 Å². The van der Waals surface area contributed by atoms with Crippen LogP contribution >= 0.6 is 0 Å². The minimum atomic E-state index is -0.952. The highest BCUT2D eigenvalue weighted by atomic mass is 16.5. The Kier molecular flexibility index (Phi) is 3.51. The van der Waals surface area contributed by atoms with E-state index in [2.05, 4.69) is 0 Å². The molecule has 18 heavy (non-hydrogen) atoms. The van der Waals surface area contributed by atoms with Gasteiger partial charge in [0.25, 0.3) is 0 Å². The van der Waals surface area contributed by atoms with E-state index < -0.39 is 17.7 Å². The fourth-order valence-corrected chi connectivity index (χ4v) is 1.66. The lowest BCUT2D eigenvalue weighted by atomic mass is 9.90. The van der Waals surface area contributed by atoms with E-state index in [1.165, 1.54) is 12.0 Å². The first kappa shape index (κ1) is 12.0. The molecule has 0 saturated carbocycles. The molecule has 0 amide bonds. The Morgan fingerprint density at radius 2 is 2.00 bits per heavy atom. The van der Waals surface area contributed by atoms with Crippen LogP contribution in [0.15, 0.2) is 48.1 Å². The molecule has 1 aliphatic carbocycles. The third-order valence-corrected chi connectivity index (χ3v) is 2.59. The molecule has 0 radical (unpaired) electrons. The number of carbonyl (C=O) groups is 2. The van der Waals surface area contributed by atoms with Gasteiger partial charge in [0, 0.05) is 0 Å². The van der Waals surface area contributed by atoms with Crippen molar-refractivity contribution in [3.05, 3.63) is 48.1 Å². The third-order valence-electron chi connectivity index (χ3n) is 2.59. The Hall–Kier alpha value is -2.45. The zero-order chi connectivity index (χ0) is 13.0. The minimum absolute atomic E-state index is 0.115. The molecule has 1 aromatic rings. The Labute approximate surface area is 104 Å². The predicted octanol–water partition coefficient (Wildman–Crippen LogP) is 1.50. The molecule has 1 aliphatic rings. The maximum atomic E-state index is 11.8. The molecule has 0 fully saturated rings. The first-order chi connectivity index (χ1) is 8.72. The summed E-state index contributed by atoms with van der Waals surface area (Å²) in [7, 11) is 0. The van der Waals surface area contributed by atoms with Crippen LogP contribution in [0.3, 0.4) is 0 Å². The summed E-state index contributed by atoms with van der Waals surface area (Å²) < 4.78 is 5.08. The van der Waals surface area contributed by atoms with Crippen molar-refractivity contribution in [1.29, 1.82) is 0 Å². The number of benzene rings is 1. The van der Waals surface area contributed by atoms with E-state index in [1.807, 2.05) is 0 Å². The fourth-order valence-electron chi connectivity index (χ4n) is 1.66. The van der Waals surface area contributed by atoms with Crippen LogP contribution in [0.25, 0.3) is 0 Å². The third kappa shape index (κ3) is 2.44. The number of esters is 1. The molecule has 1 atom stereocenters. The minimum Gasteiger partial charge on any atom is -0.426 e. The number of para-hydroxylation sites is 1. The van der Waals surface area contributed by atoms with Crippen molar-refractivity contribution in [2.24, 2.45) is 5.92 Å². The summed E-state index contributed by atoms with van der Waals surface area (Å²) in [5.74, 6) is -0.234. The smallest absolute Gasteiger partial charge is 0.322 e. The molecule has 0 spiro atoms. The summed E-state index contributed by atoms with van der Waals surface area (Å²) >= 11 is 0. The van der Waals surface area contributed by atoms with Gasteiger partial charge in [-0.15, -0.1) is 0 Å². The van der Waals surface area contributed by atoms with E-state index in [0.717, 1.165) is 0 Å². The molecule has 0 aromatic heterocycles. The average molecular weight is 242 g/mol. The molecular weight excluding hydrogens is 232 g/mol. The van der Waals surface area contributed by atoms with Gasteiger partial charge in [-0.2, -0.15) is 0 Å². The zero-order valence-electron chi connectivity index (χ0n) is 9.46. The zero-order valence-corrected chi connectivity index (χ0v) is 9.46. The van der Waals surface area contributed by atoms with Crippen LogP contribution in [0.1, 0.15) is 6.42 Å². The molecule has 0 heterocycles. The van der Waals surface area contributed by atoms with Gasteiger partial charge in [-0.3, -0.25) is 9.59 Å². The van der Waals surface area contributed by atoms with Gasteiger partial charge >= 0.3 is 5.97 Å². The predicted molar refractivity (Wildman–Crippen MR) is 63.5 cm³/mol. The molecule has 90 valence electrons. The monoisotopic (exact) mass is 242 g/mol. The Morgan fingerprint density at radius 1 is 1.28 bits per heavy atom. The maximum Gasteiger partial charge on any atom is 0.322 e. The van der Waals surface area contributed by atoms with Gasteiger partial charge in [-0.25, -0.2) is 4.79 Å². The number of allylic oxidation sites excluding steroid dienone is 3. The summed E-state index contributed by atoms with van der Waals surface area (Å²) in [6.07, 6.45) is 3.22. The highest BCUT2D eigenvalue weighted by Gasteiger charge is 2.32. The first-order valence-corrected chi connectivity index (χ1v) is 5.45. The second-order valence-electron chi connectivity index (χ2n) is 3.80. The topological polar surface area (TPSA) is 60.4 Å². The van der Waals surface area contributed by atoms with Crippen LogP contribution in [0, 0.1) is 5.92 Å². The number of hydrogen-bond donors (Lipinski definition) is 0. The SMILES string of the molecule is O=C=C1C=CCC(C(=O)Oc2ccccc2)C1=O. The molecule has 1 aromatic carbocycles. The van der Waals surface area contributed by atoms with E-state index in [0.29, 0.717) is 5.75 Å². The van der Waals surface area contributed by atoms with E-state index in [4.69, 9.17) is 4.74 Å². The van der Waals surface area contributed by atoms with Crippen LogP contribution in [0.4, 0.5) is 0 Å². The number of ketones is 1. The van der Waals surface area contributed by atoms with Gasteiger partial charge in [0.2, 0.25) is 0 Å². The van der Waals surface area contributed by atoms with Crippen LogP contribution in [0.2, 0.25) is 0 Å². The van der Waals surface area contributed by atoms with E-state index in [9.17, 15) is 14.4 Å². The molecule has 0 aliphatic heterocycles. The number of carbonyl (C=O) groups excluding carboxylic acids is 3. The summed E-state index contributed by atoms with van der Waals surface area (Å²) in [5, 5.41) is 0. The van der Waals surface area contributed by atoms with Crippen molar-refractivity contribution < 1.29 is 19.1 Å². The molecule has 0 N–H and O–H groups in total. The van der Waals surface area contributed by atoms with Crippen molar-refractivity contribution in [3.8, 4) is 5.75 Å². The van der Waals surface area contributed by atoms with Gasteiger partial charge in [0.05, 0.1) is 0 Å². The average Bonchev–Trinajstić information content (AvgIpc) is 2.40. The number of Topliss-reactive ketones (excluding diaryl/α,β-unsaturated/α-hetero) is 1. The Balaban J connectivity index is 2.13. The highest BCUT2D eigenvalue weighted by molar-refractivity contribution is 6.15. The number of hydrogen-bond acceptors (Lipinski definition) is 4. The van der Waals surface area contributed by atoms with Gasteiger partial charge < -0.3 is 4.74 Å². The molecule has 2 rings (SSSR count). The summed E-state index contributed by atoms with van der Waals surface area (Å²) in [5.41, 5.74) is -0.115. The summed E-state index contributed by atoms with van der Waals surface area (Å²) in [6.45, 7) is 0. The Morgan fingerprint density at radius 3 is 2.67 bits per heavy atom. The summed E-state index contributed by atoms with van der Waals surface area (Å²) in [6, 6.07) is 8.48. The normalized spacial score (nSPS) is 18.3. The van der Waals surface area contributed by atoms with Crippen LogP contribution in [-0.4, -0.2) is 17.7 Å². The van der Waals surface area contributed by atoms with E-state index >= 15 is 0 Å². The Bertz CT molecular complexity index is 550. The second kappa shape index (κ2) is 5.25. The maximum absolute atomic E-state index is 11.8. The number of rotatable bonds is 2. The highest BCUT2D eigenvalue weighted by Crippen LogP contribution is 2.20. The van der Waals surface area contributed by atoms with Gasteiger partial charge in [0.1, 0.15) is 23.2 Å². The lowest BCUT2D eigenvalue weighted by Crippen LogP contribution is -2.30. The van der Waals surface area contributed by atoms with Crippen molar-refractivity contribution in [2.75, 3.05) is 0 Å². The molecule has 0 saturated heterocycles. The van der Waals surface area contributed by atoms with Gasteiger partial charge in [-0.1, -0.05) is 24.3 Å². The van der Waals surface area contributed by atoms with Crippen molar-refractivity contribution in [2.45, 2.75) is 6.42 Å². The molecular formula is C14H10O4. The molecule has 4 heteroatoms. The standard InChI is InChI=1S/C14H10O4/c15-9-10-5-4-8-12(13(10)16)14(17)18-11-6-2-1-3-7-11/h1-7,12H,8H2. The number of ether oxygens (including phenoxy) is 1. The lowest BCUT2D eigenvalue weighted by Gasteiger charge is -2.15. The first-order valence-electron chi connectivity index (χ1n) is 5.45. The van der Waals surface area contributed by atoms with Crippen molar-refractivity contribution in [1.82, 2.24) is 0 Å². The van der Waals surface area contributed by atoms with Gasteiger partial charge in [0.15, 0.2) is 5.78 Å². The van der Waals surface area contributed by atoms with Crippen LogP contribution in [-0.2, 0) is 14.4 Å². The molecule has 4 nitrogen and oxygen atoms in total. The molecule has 1 unspecified atom stereocenters. The lowest BCUT2D eigenvalue weighted by molar-refractivity contribution is -0.142. The van der Waals surface area contributed by atoms with Crippen LogP contribution < -0.4 is 4.74 Å². The quantitative estimate of drug-likeness (QED) is 0.259. The largest absolute Gasteiger partial charge is 0.426 e. The van der Waals surface area contributed by atoms with E-state index in [1.54, 1.807) is 36.4 Å². The van der Waals surface area contributed by atoms with Crippen LogP contribution in [0.5, 0.6) is 5.75 Å². The van der Waals surface area contributed by atoms with E-state index in [-0.39, 0.29) is 12.0 Å². The van der Waals surface area contributed by atoms with Crippen molar-refractivity contribution in [3.63, 3.8) is 0 Å². The second-order valence-corrected chi connectivity index (χ2v) is 3.80. The fraction of sp³-hybridized carbons (Fsp3) is 0.143. The summed E-state index contributed by atoms with van der Waals surface area (Å²) in [4.78, 5) is 34.1. The van der Waals surface area contributed by atoms with Gasteiger partial charge in [-0.05, 0) is 24.6 Å².